The van der Waals surface area contributed by atoms with Gasteiger partial charge in [-0.05, 0) is 68.4 Å². The highest BCUT2D eigenvalue weighted by atomic mass is 79.9. The topological polar surface area (TPSA) is 21.3 Å². The Morgan fingerprint density at radius 1 is 1.17 bits per heavy atom. The van der Waals surface area contributed by atoms with Crippen molar-refractivity contribution in [2.45, 2.75) is 33.7 Å². The van der Waals surface area contributed by atoms with Crippen molar-refractivity contribution in [2.75, 3.05) is 13.7 Å². The zero-order chi connectivity index (χ0) is 13.8. The van der Waals surface area contributed by atoms with Gasteiger partial charge in [-0.2, -0.15) is 0 Å². The van der Waals surface area contributed by atoms with Gasteiger partial charge in [0.1, 0.15) is 5.75 Å². The first-order chi connectivity index (χ1) is 8.33. The summed E-state index contributed by atoms with van der Waals surface area (Å²) >= 11 is 7.13. The van der Waals surface area contributed by atoms with Crippen LogP contribution in [0.5, 0.6) is 5.75 Å². The Bertz CT molecular complexity index is 376. The van der Waals surface area contributed by atoms with Crippen LogP contribution in [0.25, 0.3) is 0 Å². The standard InChI is InChI=1S/C14H21Br2NO/c1-14(2,3)5-6-18-13-11(15)7-10(9-17-4)8-12(13)16/h7-8,17H,5-6,9H2,1-4H3. The lowest BCUT2D eigenvalue weighted by atomic mass is 9.93. The van der Waals surface area contributed by atoms with Crippen molar-refractivity contribution in [3.05, 3.63) is 26.6 Å². The highest BCUT2D eigenvalue weighted by Crippen LogP contribution is 2.35. The van der Waals surface area contributed by atoms with Crippen LogP contribution in [-0.2, 0) is 6.54 Å². The van der Waals surface area contributed by atoms with Crippen molar-refractivity contribution >= 4 is 31.9 Å². The predicted molar refractivity (Wildman–Crippen MR) is 84.2 cm³/mol. The minimum atomic E-state index is 0.297. The highest BCUT2D eigenvalue weighted by Gasteiger charge is 2.13. The average molecular weight is 379 g/mol. The molecule has 0 bridgehead atoms. The van der Waals surface area contributed by atoms with E-state index in [4.69, 9.17) is 4.74 Å². The minimum Gasteiger partial charge on any atom is -0.491 e. The van der Waals surface area contributed by atoms with Gasteiger partial charge in [-0.3, -0.25) is 0 Å². The van der Waals surface area contributed by atoms with Crippen molar-refractivity contribution in [3.8, 4) is 5.75 Å². The lowest BCUT2D eigenvalue weighted by molar-refractivity contribution is 0.241. The molecule has 0 saturated carbocycles. The minimum absolute atomic E-state index is 0.297. The molecule has 1 N–H and O–H groups in total. The van der Waals surface area contributed by atoms with Crippen molar-refractivity contribution in [1.29, 1.82) is 0 Å². The van der Waals surface area contributed by atoms with E-state index >= 15 is 0 Å². The molecule has 102 valence electrons. The molecule has 1 aromatic carbocycles. The monoisotopic (exact) mass is 377 g/mol. The van der Waals surface area contributed by atoms with E-state index in [1.165, 1.54) is 5.56 Å². The fraction of sp³-hybridized carbons (Fsp3) is 0.571. The molecule has 0 aliphatic carbocycles. The summed E-state index contributed by atoms with van der Waals surface area (Å²) in [6.45, 7) is 8.23. The van der Waals surface area contributed by atoms with E-state index in [-0.39, 0.29) is 0 Å². The quantitative estimate of drug-likeness (QED) is 0.798. The van der Waals surface area contributed by atoms with Crippen LogP contribution in [0, 0.1) is 5.41 Å². The zero-order valence-electron chi connectivity index (χ0n) is 11.4. The Balaban J connectivity index is 2.71. The maximum absolute atomic E-state index is 5.86. The molecular weight excluding hydrogens is 358 g/mol. The van der Waals surface area contributed by atoms with Gasteiger partial charge < -0.3 is 10.1 Å². The molecule has 4 heteroatoms. The number of hydrogen-bond donors (Lipinski definition) is 1. The molecule has 2 nitrogen and oxygen atoms in total. The van der Waals surface area contributed by atoms with Crippen LogP contribution in [0.3, 0.4) is 0 Å². The third-order valence-corrected chi connectivity index (χ3v) is 3.72. The summed E-state index contributed by atoms with van der Waals surface area (Å²) in [6, 6.07) is 4.18. The molecule has 1 aromatic rings. The van der Waals surface area contributed by atoms with Crippen LogP contribution < -0.4 is 10.1 Å². The van der Waals surface area contributed by atoms with Gasteiger partial charge in [-0.1, -0.05) is 20.8 Å². The van der Waals surface area contributed by atoms with Gasteiger partial charge in [0, 0.05) is 6.54 Å². The van der Waals surface area contributed by atoms with Crippen LogP contribution in [0.4, 0.5) is 0 Å². The number of halogens is 2. The Labute approximate surface area is 127 Å². The number of nitrogens with one attached hydrogen (secondary N) is 1. The normalized spacial score (nSPS) is 11.7. The summed E-state index contributed by atoms with van der Waals surface area (Å²) in [7, 11) is 1.94. The SMILES string of the molecule is CNCc1cc(Br)c(OCCC(C)(C)C)c(Br)c1. The third-order valence-electron chi connectivity index (χ3n) is 2.54. The van der Waals surface area contributed by atoms with Crippen molar-refractivity contribution in [2.24, 2.45) is 5.41 Å². The molecule has 0 spiro atoms. The smallest absolute Gasteiger partial charge is 0.147 e. The number of ether oxygens (including phenoxy) is 1. The van der Waals surface area contributed by atoms with Crippen LogP contribution in [0.2, 0.25) is 0 Å². The van der Waals surface area contributed by atoms with E-state index < -0.39 is 0 Å². The molecule has 0 aromatic heterocycles. The largest absolute Gasteiger partial charge is 0.491 e. The molecule has 0 heterocycles. The van der Waals surface area contributed by atoms with Gasteiger partial charge in [0.15, 0.2) is 0 Å². The van der Waals surface area contributed by atoms with E-state index in [9.17, 15) is 0 Å². The molecule has 18 heavy (non-hydrogen) atoms. The van der Waals surface area contributed by atoms with E-state index in [1.807, 2.05) is 7.05 Å². The predicted octanol–water partition coefficient (Wildman–Crippen LogP) is 4.75. The molecule has 1 rings (SSSR count). The zero-order valence-corrected chi connectivity index (χ0v) is 14.6. The second-order valence-electron chi connectivity index (χ2n) is 5.58. The van der Waals surface area contributed by atoms with Crippen molar-refractivity contribution < 1.29 is 4.74 Å². The van der Waals surface area contributed by atoms with Crippen molar-refractivity contribution in [1.82, 2.24) is 5.32 Å². The van der Waals surface area contributed by atoms with Gasteiger partial charge in [0.25, 0.3) is 0 Å². The molecule has 0 saturated heterocycles. The van der Waals surface area contributed by atoms with Gasteiger partial charge in [-0.25, -0.2) is 0 Å². The summed E-state index contributed by atoms with van der Waals surface area (Å²) < 4.78 is 7.86. The molecule has 0 radical (unpaired) electrons. The summed E-state index contributed by atoms with van der Waals surface area (Å²) in [4.78, 5) is 0. The second-order valence-corrected chi connectivity index (χ2v) is 7.29. The van der Waals surface area contributed by atoms with Crippen LogP contribution >= 0.6 is 31.9 Å². The molecule has 0 fully saturated rings. The third kappa shape index (κ3) is 5.29. The Morgan fingerprint density at radius 2 is 1.72 bits per heavy atom. The first-order valence-electron chi connectivity index (χ1n) is 6.09. The van der Waals surface area contributed by atoms with Gasteiger partial charge in [0.2, 0.25) is 0 Å². The highest BCUT2D eigenvalue weighted by molar-refractivity contribution is 9.11. The Morgan fingerprint density at radius 3 is 2.17 bits per heavy atom. The van der Waals surface area contributed by atoms with Gasteiger partial charge >= 0.3 is 0 Å². The summed E-state index contributed by atoms with van der Waals surface area (Å²) in [5.74, 6) is 0.888. The van der Waals surface area contributed by atoms with Crippen LogP contribution in [0.1, 0.15) is 32.8 Å². The second kappa shape index (κ2) is 6.92. The maximum atomic E-state index is 5.86. The van der Waals surface area contributed by atoms with Gasteiger partial charge in [0.05, 0.1) is 15.6 Å². The lowest BCUT2D eigenvalue weighted by Crippen LogP contribution is -2.11. The molecule has 0 unspecified atom stereocenters. The lowest BCUT2D eigenvalue weighted by Gasteiger charge is -2.19. The molecular formula is C14H21Br2NO. The Hall–Kier alpha value is -0.0600. The van der Waals surface area contributed by atoms with Crippen molar-refractivity contribution in [3.63, 3.8) is 0 Å². The maximum Gasteiger partial charge on any atom is 0.147 e. The first kappa shape index (κ1) is 16.0. The van der Waals surface area contributed by atoms with E-state index in [0.29, 0.717) is 5.41 Å². The first-order valence-corrected chi connectivity index (χ1v) is 7.67. The van der Waals surface area contributed by atoms with E-state index in [0.717, 1.165) is 34.3 Å². The fourth-order valence-electron chi connectivity index (χ4n) is 1.52. The van der Waals surface area contributed by atoms with E-state index in [2.05, 4.69) is 70.1 Å². The summed E-state index contributed by atoms with van der Waals surface area (Å²) in [5, 5.41) is 3.14. The molecule has 0 aliphatic rings. The number of rotatable bonds is 5. The van der Waals surface area contributed by atoms with E-state index in [1.54, 1.807) is 0 Å². The molecule has 0 aliphatic heterocycles. The summed E-state index contributed by atoms with van der Waals surface area (Å²) in [5.41, 5.74) is 1.52. The Kier molecular flexibility index (Phi) is 6.15. The fourth-order valence-corrected chi connectivity index (χ4v) is 3.03. The van der Waals surface area contributed by atoms with Crippen LogP contribution in [-0.4, -0.2) is 13.7 Å². The average Bonchev–Trinajstić information content (AvgIpc) is 2.21. The summed E-state index contributed by atoms with van der Waals surface area (Å²) in [6.07, 6.45) is 1.03. The van der Waals surface area contributed by atoms with Gasteiger partial charge in [-0.15, -0.1) is 0 Å². The number of benzene rings is 1. The number of hydrogen-bond acceptors (Lipinski definition) is 2. The molecule has 0 atom stereocenters. The van der Waals surface area contributed by atoms with Crippen LogP contribution in [0.15, 0.2) is 21.1 Å². The molecule has 0 amide bonds.